The predicted octanol–water partition coefficient (Wildman–Crippen LogP) is 2.53. The number of aryl methyl sites for hydroxylation is 1. The van der Waals surface area contributed by atoms with Crippen LogP contribution >= 0.6 is 0 Å². The molecule has 0 radical (unpaired) electrons. The van der Waals surface area contributed by atoms with Crippen molar-refractivity contribution in [3.63, 3.8) is 0 Å². The van der Waals surface area contributed by atoms with Crippen molar-refractivity contribution >= 4 is 0 Å². The number of hydrogen-bond donors (Lipinski definition) is 1. The van der Waals surface area contributed by atoms with Crippen LogP contribution in [-0.4, -0.2) is 14.7 Å². The van der Waals surface area contributed by atoms with Crippen molar-refractivity contribution in [3.8, 4) is 0 Å². The number of aliphatic hydroxyl groups is 1. The molecule has 1 fully saturated rings. The molecule has 0 saturated heterocycles. The Morgan fingerprint density at radius 1 is 1.31 bits per heavy atom. The lowest BCUT2D eigenvalue weighted by Gasteiger charge is -2.34. The monoisotopic (exact) mass is 222 g/mol. The van der Waals surface area contributed by atoms with E-state index >= 15 is 0 Å². The zero-order valence-electron chi connectivity index (χ0n) is 10.4. The number of nitrogens with zero attached hydrogens (tertiary/aromatic N) is 2. The van der Waals surface area contributed by atoms with Crippen molar-refractivity contribution in [3.05, 3.63) is 18.2 Å². The molecular weight excluding hydrogens is 200 g/mol. The van der Waals surface area contributed by atoms with Crippen LogP contribution in [-0.2, 0) is 7.05 Å². The first-order chi connectivity index (χ1) is 7.58. The highest BCUT2D eigenvalue weighted by Gasteiger charge is 2.31. The molecule has 1 heterocycles. The normalized spacial score (nSPS) is 32.6. The minimum atomic E-state index is -0.398. The Labute approximate surface area is 97.5 Å². The van der Waals surface area contributed by atoms with E-state index in [1.165, 1.54) is 6.42 Å². The standard InChI is InChI=1S/C13H22N2O/c1-9-6-10(2)8-11(7-9)12(16)13-14-4-5-15(13)3/h4-5,9-12,16H,6-8H2,1-3H3. The van der Waals surface area contributed by atoms with Crippen LogP contribution in [0.5, 0.6) is 0 Å². The number of hydrogen-bond acceptors (Lipinski definition) is 2. The maximum absolute atomic E-state index is 10.4. The Bertz CT molecular complexity index is 337. The third-order valence-corrected chi connectivity index (χ3v) is 3.78. The summed E-state index contributed by atoms with van der Waals surface area (Å²) in [5, 5.41) is 10.4. The smallest absolute Gasteiger partial charge is 0.137 e. The summed E-state index contributed by atoms with van der Waals surface area (Å²) in [4.78, 5) is 4.25. The van der Waals surface area contributed by atoms with E-state index in [0.29, 0.717) is 5.92 Å². The fourth-order valence-corrected chi connectivity index (χ4v) is 3.14. The molecule has 1 aromatic heterocycles. The maximum atomic E-state index is 10.4. The third-order valence-electron chi connectivity index (χ3n) is 3.78. The molecule has 3 heteroatoms. The molecule has 16 heavy (non-hydrogen) atoms. The average molecular weight is 222 g/mol. The second-order valence-electron chi connectivity index (χ2n) is 5.52. The number of rotatable bonds is 2. The molecule has 3 nitrogen and oxygen atoms in total. The zero-order valence-corrected chi connectivity index (χ0v) is 10.4. The lowest BCUT2D eigenvalue weighted by molar-refractivity contribution is 0.0471. The van der Waals surface area contributed by atoms with Crippen LogP contribution in [0.25, 0.3) is 0 Å². The third kappa shape index (κ3) is 2.29. The van der Waals surface area contributed by atoms with Gasteiger partial charge >= 0.3 is 0 Å². The van der Waals surface area contributed by atoms with Gasteiger partial charge in [-0.2, -0.15) is 0 Å². The first kappa shape index (κ1) is 11.6. The SMILES string of the molecule is CC1CC(C)CC(C(O)c2nccn2C)C1. The van der Waals surface area contributed by atoms with E-state index in [-0.39, 0.29) is 0 Å². The Hall–Kier alpha value is -0.830. The van der Waals surface area contributed by atoms with Crippen molar-refractivity contribution in [2.75, 3.05) is 0 Å². The molecule has 0 aromatic carbocycles. The molecule has 1 aliphatic carbocycles. The van der Waals surface area contributed by atoms with E-state index in [2.05, 4.69) is 18.8 Å². The van der Waals surface area contributed by atoms with Gasteiger partial charge in [-0.1, -0.05) is 13.8 Å². The van der Waals surface area contributed by atoms with E-state index < -0.39 is 6.10 Å². The van der Waals surface area contributed by atoms with Crippen molar-refractivity contribution in [1.29, 1.82) is 0 Å². The molecule has 1 saturated carbocycles. The number of aliphatic hydroxyl groups excluding tert-OH is 1. The van der Waals surface area contributed by atoms with E-state index in [0.717, 1.165) is 30.5 Å². The van der Waals surface area contributed by atoms with Gasteiger partial charge in [0.1, 0.15) is 11.9 Å². The Morgan fingerprint density at radius 3 is 2.44 bits per heavy atom. The highest BCUT2D eigenvalue weighted by molar-refractivity contribution is 4.98. The summed E-state index contributed by atoms with van der Waals surface area (Å²) in [6.07, 6.45) is 6.80. The van der Waals surface area contributed by atoms with Gasteiger partial charge in [0.25, 0.3) is 0 Å². The minimum absolute atomic E-state index is 0.375. The lowest BCUT2D eigenvalue weighted by atomic mass is 9.74. The summed E-state index contributed by atoms with van der Waals surface area (Å²) in [6.45, 7) is 4.57. The molecule has 0 amide bonds. The van der Waals surface area contributed by atoms with Gasteiger partial charge in [-0.25, -0.2) is 4.98 Å². The van der Waals surface area contributed by atoms with Gasteiger partial charge < -0.3 is 9.67 Å². The quantitative estimate of drug-likeness (QED) is 0.835. The molecule has 1 aliphatic rings. The highest BCUT2D eigenvalue weighted by Crippen LogP contribution is 2.39. The summed E-state index contributed by atoms with van der Waals surface area (Å²) in [6, 6.07) is 0. The second kappa shape index (κ2) is 4.58. The van der Waals surface area contributed by atoms with Gasteiger partial charge in [-0.05, 0) is 37.0 Å². The van der Waals surface area contributed by atoms with Crippen LogP contribution in [0.1, 0.15) is 45.0 Å². The maximum Gasteiger partial charge on any atom is 0.137 e. The molecule has 0 spiro atoms. The van der Waals surface area contributed by atoms with Crippen molar-refractivity contribution in [2.24, 2.45) is 24.8 Å². The average Bonchev–Trinajstić information content (AvgIpc) is 2.62. The lowest BCUT2D eigenvalue weighted by Crippen LogP contribution is -2.26. The second-order valence-corrected chi connectivity index (χ2v) is 5.52. The molecule has 1 N–H and O–H groups in total. The summed E-state index contributed by atoms with van der Waals surface area (Å²) < 4.78 is 1.93. The van der Waals surface area contributed by atoms with Crippen LogP contribution in [0.4, 0.5) is 0 Å². The first-order valence-electron chi connectivity index (χ1n) is 6.23. The largest absolute Gasteiger partial charge is 0.385 e. The van der Waals surface area contributed by atoms with Crippen LogP contribution in [0.15, 0.2) is 12.4 Å². The van der Waals surface area contributed by atoms with Gasteiger partial charge in [0.15, 0.2) is 0 Å². The van der Waals surface area contributed by atoms with Crippen LogP contribution in [0, 0.1) is 17.8 Å². The predicted molar refractivity (Wildman–Crippen MR) is 63.8 cm³/mol. The van der Waals surface area contributed by atoms with Crippen molar-refractivity contribution < 1.29 is 5.11 Å². The van der Waals surface area contributed by atoms with E-state index in [4.69, 9.17) is 0 Å². The number of imidazole rings is 1. The van der Waals surface area contributed by atoms with Gasteiger partial charge in [0, 0.05) is 19.4 Å². The fourth-order valence-electron chi connectivity index (χ4n) is 3.14. The van der Waals surface area contributed by atoms with E-state index in [9.17, 15) is 5.11 Å². The van der Waals surface area contributed by atoms with Gasteiger partial charge in [0.05, 0.1) is 0 Å². The van der Waals surface area contributed by atoms with E-state index in [1.54, 1.807) is 6.20 Å². The van der Waals surface area contributed by atoms with Crippen molar-refractivity contribution in [1.82, 2.24) is 9.55 Å². The van der Waals surface area contributed by atoms with Crippen LogP contribution in [0.2, 0.25) is 0 Å². The van der Waals surface area contributed by atoms with Crippen molar-refractivity contribution in [2.45, 2.75) is 39.2 Å². The summed E-state index contributed by atoms with van der Waals surface area (Å²) in [7, 11) is 1.95. The molecule has 3 atom stereocenters. The Balaban J connectivity index is 2.10. The molecule has 90 valence electrons. The Kier molecular flexibility index (Phi) is 3.33. The van der Waals surface area contributed by atoms with E-state index in [1.807, 2.05) is 17.8 Å². The fraction of sp³-hybridized carbons (Fsp3) is 0.769. The van der Waals surface area contributed by atoms with Crippen LogP contribution in [0.3, 0.4) is 0 Å². The van der Waals surface area contributed by atoms with Gasteiger partial charge in [-0.15, -0.1) is 0 Å². The summed E-state index contributed by atoms with van der Waals surface area (Å²) in [5.41, 5.74) is 0. The molecule has 2 rings (SSSR count). The molecule has 0 bridgehead atoms. The molecular formula is C13H22N2O. The highest BCUT2D eigenvalue weighted by atomic mass is 16.3. The number of aromatic nitrogens is 2. The zero-order chi connectivity index (χ0) is 11.7. The molecule has 3 unspecified atom stereocenters. The first-order valence-corrected chi connectivity index (χ1v) is 6.23. The summed E-state index contributed by atoms with van der Waals surface area (Å²) >= 11 is 0. The van der Waals surface area contributed by atoms with Crippen LogP contribution < -0.4 is 0 Å². The minimum Gasteiger partial charge on any atom is -0.385 e. The van der Waals surface area contributed by atoms with Gasteiger partial charge in [-0.3, -0.25) is 0 Å². The summed E-state index contributed by atoms with van der Waals surface area (Å²) in [5.74, 6) is 2.64. The van der Waals surface area contributed by atoms with Gasteiger partial charge in [0.2, 0.25) is 0 Å². The topological polar surface area (TPSA) is 38.1 Å². The Morgan fingerprint density at radius 2 is 1.94 bits per heavy atom. The molecule has 1 aromatic rings. The molecule has 0 aliphatic heterocycles.